The molecule has 0 saturated heterocycles. The van der Waals surface area contributed by atoms with Gasteiger partial charge in [0.15, 0.2) is 5.76 Å². The Labute approximate surface area is 237 Å². The Morgan fingerprint density at radius 2 is 1.17 bits per heavy atom. The second-order valence-corrected chi connectivity index (χ2v) is 10.2. The molecule has 0 radical (unpaired) electrons. The van der Waals surface area contributed by atoms with Gasteiger partial charge in [-0.15, -0.1) is 26.3 Å². The molecule has 0 amide bonds. The number of aliphatic hydroxyl groups is 1. The van der Waals surface area contributed by atoms with E-state index in [-0.39, 0.29) is 40.8 Å². The van der Waals surface area contributed by atoms with Crippen molar-refractivity contribution in [1.29, 1.82) is 0 Å². The largest absolute Gasteiger partial charge is 0.573 e. The van der Waals surface area contributed by atoms with Crippen LogP contribution in [0.1, 0.15) is 54.6 Å². The van der Waals surface area contributed by atoms with E-state index < -0.39 is 12.7 Å². The lowest BCUT2D eigenvalue weighted by Gasteiger charge is -2.12. The molecule has 4 aromatic rings. The molecule has 2 aromatic heterocycles. The van der Waals surface area contributed by atoms with Gasteiger partial charge in [-0.3, -0.25) is 0 Å². The molecule has 7 nitrogen and oxygen atoms in total. The summed E-state index contributed by atoms with van der Waals surface area (Å²) in [6, 6.07) is 11.5. The SMILES string of the molecule is FC(F)(F)Oc1ccccc1-c1noc(C2CC2)c1Br.OCc1c(-c2ccccc2OC(F)(F)F)noc1C1CC1. The molecule has 2 aromatic carbocycles. The number of benzene rings is 2. The second kappa shape index (κ2) is 11.4. The summed E-state index contributed by atoms with van der Waals surface area (Å²) in [6.45, 7) is -0.342. The van der Waals surface area contributed by atoms with Gasteiger partial charge in [-0.25, -0.2) is 0 Å². The minimum absolute atomic E-state index is 0.148. The molecule has 14 heteroatoms. The maximum absolute atomic E-state index is 12.4. The Morgan fingerprint density at radius 1 is 0.732 bits per heavy atom. The van der Waals surface area contributed by atoms with Crippen LogP contribution in [0.25, 0.3) is 22.5 Å². The lowest BCUT2D eigenvalue weighted by atomic mass is 10.0. The van der Waals surface area contributed by atoms with E-state index in [4.69, 9.17) is 9.05 Å². The van der Waals surface area contributed by atoms with Crippen LogP contribution < -0.4 is 9.47 Å². The van der Waals surface area contributed by atoms with Crippen LogP contribution in [0.5, 0.6) is 11.5 Å². The van der Waals surface area contributed by atoms with E-state index in [2.05, 4.69) is 35.7 Å². The number of rotatable bonds is 7. The molecular weight excluding hydrogens is 626 g/mol. The summed E-state index contributed by atoms with van der Waals surface area (Å²) in [6.07, 6.45) is -5.66. The van der Waals surface area contributed by atoms with Gasteiger partial charge in [0, 0.05) is 28.5 Å². The van der Waals surface area contributed by atoms with E-state index >= 15 is 0 Å². The monoisotopic (exact) mass is 646 g/mol. The Bertz CT molecular complexity index is 1510. The van der Waals surface area contributed by atoms with Crippen LogP contribution in [0.3, 0.4) is 0 Å². The van der Waals surface area contributed by atoms with E-state index in [1.54, 1.807) is 12.1 Å². The Hall–Kier alpha value is -3.52. The third kappa shape index (κ3) is 7.04. The summed E-state index contributed by atoms with van der Waals surface area (Å²) in [4.78, 5) is 0. The van der Waals surface area contributed by atoms with Crippen molar-refractivity contribution in [2.24, 2.45) is 0 Å². The molecule has 41 heavy (non-hydrogen) atoms. The van der Waals surface area contributed by atoms with Gasteiger partial charge in [-0.05, 0) is 65.9 Å². The zero-order chi connectivity index (χ0) is 29.4. The molecule has 0 spiro atoms. The first-order valence-corrected chi connectivity index (χ1v) is 13.2. The molecule has 2 saturated carbocycles. The molecule has 0 atom stereocenters. The predicted molar refractivity (Wildman–Crippen MR) is 135 cm³/mol. The normalized spacial score (nSPS) is 15.3. The highest BCUT2D eigenvalue weighted by atomic mass is 79.9. The number of nitrogens with zero attached hydrogens (tertiary/aromatic N) is 2. The van der Waals surface area contributed by atoms with Crippen molar-refractivity contribution in [3.05, 3.63) is 70.1 Å². The first-order chi connectivity index (χ1) is 19.4. The topological polar surface area (TPSA) is 90.8 Å². The van der Waals surface area contributed by atoms with Gasteiger partial charge in [0.1, 0.15) is 28.6 Å². The van der Waals surface area contributed by atoms with Crippen LogP contribution >= 0.6 is 15.9 Å². The van der Waals surface area contributed by atoms with Gasteiger partial charge in [0.25, 0.3) is 0 Å². The minimum atomic E-state index is -4.79. The maximum Gasteiger partial charge on any atom is 0.573 e. The molecule has 0 aliphatic heterocycles. The fraction of sp³-hybridized carbons (Fsp3) is 0.333. The second-order valence-electron chi connectivity index (χ2n) is 9.38. The van der Waals surface area contributed by atoms with Gasteiger partial charge in [-0.1, -0.05) is 34.6 Å². The maximum atomic E-state index is 12.4. The minimum Gasteiger partial charge on any atom is -0.405 e. The van der Waals surface area contributed by atoms with Crippen LogP contribution in [-0.4, -0.2) is 28.1 Å². The van der Waals surface area contributed by atoms with Crippen molar-refractivity contribution in [3.8, 4) is 34.0 Å². The molecule has 2 heterocycles. The van der Waals surface area contributed by atoms with Gasteiger partial charge in [0.2, 0.25) is 0 Å². The Kier molecular flexibility index (Phi) is 8.06. The number of aliphatic hydroxyl groups excluding tert-OH is 1. The van der Waals surface area contributed by atoms with Gasteiger partial charge in [-0.2, -0.15) is 0 Å². The van der Waals surface area contributed by atoms with Crippen LogP contribution in [0.2, 0.25) is 0 Å². The van der Waals surface area contributed by atoms with Crippen LogP contribution in [-0.2, 0) is 6.61 Å². The van der Waals surface area contributed by atoms with Crippen molar-refractivity contribution in [3.63, 3.8) is 0 Å². The molecule has 2 fully saturated rings. The first kappa shape index (κ1) is 29.0. The van der Waals surface area contributed by atoms with E-state index in [1.165, 1.54) is 36.4 Å². The summed E-state index contributed by atoms with van der Waals surface area (Å²) in [5.41, 5.74) is 1.34. The van der Waals surface area contributed by atoms with Crippen molar-refractivity contribution >= 4 is 15.9 Å². The molecule has 2 aliphatic rings. The third-order valence-electron chi connectivity index (χ3n) is 6.27. The van der Waals surface area contributed by atoms with Crippen molar-refractivity contribution in [1.82, 2.24) is 10.3 Å². The van der Waals surface area contributed by atoms with E-state index in [0.717, 1.165) is 25.7 Å². The number of aromatic nitrogens is 2. The van der Waals surface area contributed by atoms with Crippen LogP contribution in [0.4, 0.5) is 26.3 Å². The van der Waals surface area contributed by atoms with E-state index in [1.807, 2.05) is 0 Å². The van der Waals surface area contributed by atoms with Gasteiger partial charge >= 0.3 is 12.7 Å². The average Bonchev–Trinajstić information content (AvgIpc) is 3.84. The molecular formula is C27H21BrF6N2O5. The summed E-state index contributed by atoms with van der Waals surface area (Å²) < 4.78 is 93.6. The summed E-state index contributed by atoms with van der Waals surface area (Å²) in [7, 11) is 0. The highest BCUT2D eigenvalue weighted by Gasteiger charge is 2.36. The number of alkyl halides is 6. The van der Waals surface area contributed by atoms with E-state index in [0.29, 0.717) is 33.2 Å². The quantitative estimate of drug-likeness (QED) is 0.201. The van der Waals surface area contributed by atoms with E-state index in [9.17, 15) is 31.4 Å². The summed E-state index contributed by atoms with van der Waals surface area (Å²) >= 11 is 3.35. The predicted octanol–water partition coefficient (Wildman–Crippen LogP) is 8.49. The highest BCUT2D eigenvalue weighted by Crippen LogP contribution is 2.48. The molecule has 0 bridgehead atoms. The zero-order valence-corrected chi connectivity index (χ0v) is 22.5. The number of ether oxygens (including phenoxy) is 2. The lowest BCUT2D eigenvalue weighted by molar-refractivity contribution is -0.275. The number of hydrogen-bond donors (Lipinski definition) is 1. The summed E-state index contributed by atoms with van der Waals surface area (Å²) in [5, 5.41) is 17.2. The molecule has 2 aliphatic carbocycles. The Balaban J connectivity index is 0.000000165. The standard InChI is InChI=1S/C14H12F3NO3.C13H9BrF3NO2/c15-14(16,17)20-11-4-2-1-3-9(11)12-10(7-19)13(21-18-12)8-5-6-8;14-10-11(18-20-12(10)7-5-6-7)8-3-1-2-4-9(8)19-13(15,16)17/h1-4,8,19H,5-7H2;1-4,7H,5-6H2. The zero-order valence-electron chi connectivity index (χ0n) is 20.9. The first-order valence-electron chi connectivity index (χ1n) is 12.4. The molecule has 1 N–H and O–H groups in total. The van der Waals surface area contributed by atoms with Crippen molar-refractivity contribution in [2.45, 2.75) is 56.9 Å². The fourth-order valence-corrected chi connectivity index (χ4v) is 4.85. The highest BCUT2D eigenvalue weighted by molar-refractivity contribution is 9.10. The number of hydrogen-bond acceptors (Lipinski definition) is 7. The molecule has 0 unspecified atom stereocenters. The van der Waals surface area contributed by atoms with Crippen molar-refractivity contribution in [2.75, 3.05) is 0 Å². The number of halogens is 7. The summed E-state index contributed by atoms with van der Waals surface area (Å²) in [5.74, 6) is 1.08. The average molecular weight is 647 g/mol. The van der Waals surface area contributed by atoms with Gasteiger partial charge in [0.05, 0.1) is 11.1 Å². The number of para-hydroxylation sites is 2. The molecule has 6 rings (SSSR count). The van der Waals surface area contributed by atoms with Crippen LogP contribution in [0, 0.1) is 0 Å². The Morgan fingerprint density at radius 3 is 1.66 bits per heavy atom. The van der Waals surface area contributed by atoms with Gasteiger partial charge < -0.3 is 23.6 Å². The lowest BCUT2D eigenvalue weighted by Crippen LogP contribution is -2.17. The van der Waals surface area contributed by atoms with Crippen molar-refractivity contribution < 1.29 is 50.0 Å². The molecule has 218 valence electrons. The fourth-order valence-electron chi connectivity index (χ4n) is 4.16. The third-order valence-corrected chi connectivity index (χ3v) is 7.03. The smallest absolute Gasteiger partial charge is 0.405 e. The van der Waals surface area contributed by atoms with Crippen LogP contribution in [0.15, 0.2) is 62.0 Å².